The number of thiophene rings is 1. The molecule has 0 aliphatic carbocycles. The molecule has 4 heterocycles. The fourth-order valence-electron chi connectivity index (χ4n) is 4.75. The molecule has 2 bridgehead atoms. The molecule has 1 spiro atoms. The molecule has 3 amide bonds. The van der Waals surface area contributed by atoms with Crippen molar-refractivity contribution < 1.29 is 19.1 Å². The lowest BCUT2D eigenvalue weighted by Gasteiger charge is -2.34. The molecule has 2 N–H and O–H groups in total. The summed E-state index contributed by atoms with van der Waals surface area (Å²) in [6.07, 6.45) is 4.69. The molecule has 1 aromatic rings. The lowest BCUT2D eigenvalue weighted by molar-refractivity contribution is -0.141. The summed E-state index contributed by atoms with van der Waals surface area (Å²) < 4.78 is 6.22. The second kappa shape index (κ2) is 7.35. The monoisotopic (exact) mass is 429 g/mol. The van der Waals surface area contributed by atoms with Gasteiger partial charge in [-0.05, 0) is 32.2 Å². The highest BCUT2D eigenvalue weighted by atomic mass is 32.1. The van der Waals surface area contributed by atoms with Crippen LogP contribution in [0.15, 0.2) is 42.3 Å². The summed E-state index contributed by atoms with van der Waals surface area (Å²) >= 11 is 1.56. The third kappa shape index (κ3) is 3.28. The van der Waals surface area contributed by atoms with Gasteiger partial charge in [-0.15, -0.1) is 17.9 Å². The van der Waals surface area contributed by atoms with Gasteiger partial charge in [0.2, 0.25) is 17.7 Å². The van der Waals surface area contributed by atoms with Gasteiger partial charge >= 0.3 is 0 Å². The van der Waals surface area contributed by atoms with Crippen molar-refractivity contribution in [2.24, 2.45) is 11.8 Å². The highest BCUT2D eigenvalue weighted by Crippen LogP contribution is 2.55. The van der Waals surface area contributed by atoms with E-state index in [0.29, 0.717) is 6.54 Å². The molecule has 160 valence electrons. The number of carbonyl (C=O) groups is 3. The fourth-order valence-corrected chi connectivity index (χ4v) is 5.39. The minimum absolute atomic E-state index is 0.213. The minimum Gasteiger partial charge on any atom is -0.359 e. The Kier molecular flexibility index (Phi) is 5.10. The zero-order valence-corrected chi connectivity index (χ0v) is 18.2. The first-order valence-electron chi connectivity index (χ1n) is 10.1. The molecule has 3 aliphatic rings. The van der Waals surface area contributed by atoms with Crippen molar-refractivity contribution in [3.63, 3.8) is 0 Å². The number of fused-ring (bicyclic) bond motifs is 1. The Morgan fingerprint density at radius 3 is 2.77 bits per heavy atom. The van der Waals surface area contributed by atoms with Crippen molar-refractivity contribution in [3.05, 3.63) is 47.2 Å². The smallest absolute Gasteiger partial charge is 0.246 e. The van der Waals surface area contributed by atoms with E-state index >= 15 is 0 Å². The average molecular weight is 430 g/mol. The maximum absolute atomic E-state index is 13.4. The van der Waals surface area contributed by atoms with E-state index in [1.165, 1.54) is 4.90 Å². The van der Waals surface area contributed by atoms with Gasteiger partial charge in [0.05, 0.1) is 24.5 Å². The van der Waals surface area contributed by atoms with Crippen LogP contribution in [0.3, 0.4) is 0 Å². The maximum Gasteiger partial charge on any atom is 0.246 e. The fraction of sp³-hybridized carbons (Fsp3) is 0.500. The zero-order chi connectivity index (χ0) is 21.7. The van der Waals surface area contributed by atoms with Gasteiger partial charge in [-0.1, -0.05) is 24.3 Å². The lowest BCUT2D eigenvalue weighted by Crippen LogP contribution is -2.57. The molecule has 0 radical (unpaired) electrons. The Morgan fingerprint density at radius 1 is 1.37 bits per heavy atom. The van der Waals surface area contributed by atoms with E-state index in [2.05, 4.69) is 17.2 Å². The second-order valence-electron chi connectivity index (χ2n) is 9.02. The van der Waals surface area contributed by atoms with Crippen LogP contribution in [0.4, 0.5) is 0 Å². The number of likely N-dealkylation sites (tertiary alicyclic amines) is 1. The molecule has 1 aromatic heterocycles. The predicted molar refractivity (Wildman–Crippen MR) is 113 cm³/mol. The molecule has 0 unspecified atom stereocenters. The molecule has 3 aliphatic heterocycles. The first kappa shape index (κ1) is 20.8. The maximum atomic E-state index is 13.4. The number of nitrogens with zero attached hydrogens (tertiary/aromatic N) is 1. The van der Waals surface area contributed by atoms with Crippen LogP contribution in [0.1, 0.15) is 25.6 Å². The molecule has 5 atom stereocenters. The standard InChI is InChI=1S/C22H27N3O4S/c1-5-10-25-17(19(27)24-21(2,3)4)22-9-8-14(29-22)15(16(22)20(25)28)18(26)23-12-13-7-6-11-30-13/h5-9,11,14-17H,1,10,12H2,2-4H3,(H,23,26)(H,24,27)/t14-,15+,16+,17+,22+/m1/s1. The molecule has 7 nitrogen and oxygen atoms in total. The number of amides is 3. The number of nitrogens with one attached hydrogen (secondary N) is 2. The molecule has 2 fully saturated rings. The van der Waals surface area contributed by atoms with E-state index in [1.807, 2.05) is 44.4 Å². The van der Waals surface area contributed by atoms with Gasteiger partial charge in [0.1, 0.15) is 11.6 Å². The van der Waals surface area contributed by atoms with E-state index < -0.39 is 35.1 Å². The van der Waals surface area contributed by atoms with Crippen molar-refractivity contribution >= 4 is 29.1 Å². The number of hydrogen-bond donors (Lipinski definition) is 2. The predicted octanol–water partition coefficient (Wildman–Crippen LogP) is 1.62. The van der Waals surface area contributed by atoms with Gasteiger partial charge in [0.25, 0.3) is 0 Å². The summed E-state index contributed by atoms with van der Waals surface area (Å²) in [5.74, 6) is -2.15. The molecular weight excluding hydrogens is 402 g/mol. The van der Waals surface area contributed by atoms with E-state index in [0.717, 1.165) is 4.88 Å². The highest BCUT2D eigenvalue weighted by Gasteiger charge is 2.72. The Morgan fingerprint density at radius 2 is 2.13 bits per heavy atom. The zero-order valence-electron chi connectivity index (χ0n) is 17.4. The summed E-state index contributed by atoms with van der Waals surface area (Å²) in [7, 11) is 0. The summed E-state index contributed by atoms with van der Waals surface area (Å²) in [5, 5.41) is 7.86. The lowest BCUT2D eigenvalue weighted by atomic mass is 9.74. The summed E-state index contributed by atoms with van der Waals surface area (Å²) in [5.41, 5.74) is -1.60. The Labute approximate surface area is 180 Å². The third-order valence-electron chi connectivity index (χ3n) is 5.77. The molecule has 4 rings (SSSR count). The third-order valence-corrected chi connectivity index (χ3v) is 6.64. The second-order valence-corrected chi connectivity index (χ2v) is 10.0. The van der Waals surface area contributed by atoms with Crippen LogP contribution in [-0.2, 0) is 25.7 Å². The van der Waals surface area contributed by atoms with Gasteiger partial charge in [0.15, 0.2) is 0 Å². The van der Waals surface area contributed by atoms with Crippen LogP contribution in [0.25, 0.3) is 0 Å². The molecule has 2 saturated heterocycles. The number of hydrogen-bond acceptors (Lipinski definition) is 5. The van der Waals surface area contributed by atoms with Crippen molar-refractivity contribution in [3.8, 4) is 0 Å². The van der Waals surface area contributed by atoms with Crippen LogP contribution in [0.5, 0.6) is 0 Å². The van der Waals surface area contributed by atoms with Gasteiger partial charge in [0, 0.05) is 17.0 Å². The Hall–Kier alpha value is -2.45. The van der Waals surface area contributed by atoms with Crippen molar-refractivity contribution in [1.82, 2.24) is 15.5 Å². The summed E-state index contributed by atoms with van der Waals surface area (Å²) in [6, 6.07) is 3.03. The first-order chi connectivity index (χ1) is 14.2. The van der Waals surface area contributed by atoms with Gasteiger partial charge in [-0.25, -0.2) is 0 Å². The van der Waals surface area contributed by atoms with E-state index in [4.69, 9.17) is 4.74 Å². The van der Waals surface area contributed by atoms with Crippen LogP contribution < -0.4 is 10.6 Å². The number of carbonyl (C=O) groups excluding carboxylic acids is 3. The van der Waals surface area contributed by atoms with Gasteiger partial charge < -0.3 is 20.3 Å². The molecule has 0 aromatic carbocycles. The quantitative estimate of drug-likeness (QED) is 0.673. The molecule has 30 heavy (non-hydrogen) atoms. The number of ether oxygens (including phenoxy) is 1. The van der Waals surface area contributed by atoms with E-state index in [9.17, 15) is 14.4 Å². The SMILES string of the molecule is C=CCN1C(=O)[C@@H]2[C@@H](C(=O)NCc3cccs3)[C@H]3C=C[C@@]2(O3)[C@@H]1C(=O)NC(C)(C)C. The molecule has 8 heteroatoms. The van der Waals surface area contributed by atoms with Crippen molar-refractivity contribution in [2.45, 2.75) is 50.6 Å². The summed E-state index contributed by atoms with van der Waals surface area (Å²) in [4.78, 5) is 42.2. The first-order valence-corrected chi connectivity index (χ1v) is 11.0. The van der Waals surface area contributed by atoms with Gasteiger partial charge in [-0.2, -0.15) is 0 Å². The largest absolute Gasteiger partial charge is 0.359 e. The van der Waals surface area contributed by atoms with Crippen LogP contribution >= 0.6 is 11.3 Å². The van der Waals surface area contributed by atoms with Gasteiger partial charge in [-0.3, -0.25) is 14.4 Å². The molecular formula is C22H27N3O4S. The van der Waals surface area contributed by atoms with Crippen LogP contribution in [0, 0.1) is 11.8 Å². The van der Waals surface area contributed by atoms with Crippen molar-refractivity contribution in [2.75, 3.05) is 6.54 Å². The average Bonchev–Trinajstić information content (AvgIpc) is 3.41. The Bertz CT molecular complexity index is 904. The molecule has 0 saturated carbocycles. The normalized spacial score (nSPS) is 31.7. The summed E-state index contributed by atoms with van der Waals surface area (Å²) in [6.45, 7) is 10.0. The van der Waals surface area contributed by atoms with Crippen LogP contribution in [-0.4, -0.2) is 52.5 Å². The Balaban J connectivity index is 1.63. The van der Waals surface area contributed by atoms with E-state index in [1.54, 1.807) is 23.5 Å². The number of rotatable bonds is 6. The van der Waals surface area contributed by atoms with Crippen molar-refractivity contribution in [1.29, 1.82) is 0 Å². The van der Waals surface area contributed by atoms with E-state index in [-0.39, 0.29) is 24.3 Å². The highest BCUT2D eigenvalue weighted by molar-refractivity contribution is 7.09. The minimum atomic E-state index is -1.13. The van der Waals surface area contributed by atoms with Crippen LogP contribution in [0.2, 0.25) is 0 Å². The topological polar surface area (TPSA) is 87.7 Å².